The van der Waals surface area contributed by atoms with Gasteiger partial charge in [0.1, 0.15) is 15.1 Å². The van der Waals surface area contributed by atoms with Crippen LogP contribution in [0, 0.1) is 9.62 Å². The monoisotopic (exact) mass is 624 g/mol. The van der Waals surface area contributed by atoms with Gasteiger partial charge in [-0.1, -0.05) is 31.7 Å². The highest BCUT2D eigenvalue weighted by atomic mass is 127. The van der Waals surface area contributed by atoms with E-state index in [1.54, 1.807) is 21.5 Å². The fraction of sp³-hybridized carbons (Fsp3) is 0.667. The number of amides is 1. The summed E-state index contributed by atoms with van der Waals surface area (Å²) < 4.78 is 46.7. The van der Waals surface area contributed by atoms with E-state index in [4.69, 9.17) is 4.74 Å². The lowest BCUT2D eigenvalue weighted by Gasteiger charge is -2.24. The van der Waals surface area contributed by atoms with E-state index in [1.165, 1.54) is 25.7 Å². The highest BCUT2D eigenvalue weighted by Gasteiger charge is 2.41. The number of ether oxygens (including phenoxy) is 1. The van der Waals surface area contributed by atoms with Gasteiger partial charge in [0.25, 0.3) is 0 Å². The van der Waals surface area contributed by atoms with Crippen molar-refractivity contribution < 1.29 is 22.7 Å². The van der Waals surface area contributed by atoms with Gasteiger partial charge >= 0.3 is 11.6 Å². The van der Waals surface area contributed by atoms with Crippen LogP contribution in [0.3, 0.4) is 0 Å². The number of thioether (sulfide) groups is 1. The zero-order valence-electron chi connectivity index (χ0n) is 20.2. The maximum absolute atomic E-state index is 13.1. The van der Waals surface area contributed by atoms with Crippen molar-refractivity contribution in [2.75, 3.05) is 11.9 Å². The van der Waals surface area contributed by atoms with Crippen molar-refractivity contribution in [2.45, 2.75) is 93.8 Å². The predicted octanol–water partition coefficient (Wildman–Crippen LogP) is 7.31. The molecule has 0 bridgehead atoms. The van der Waals surface area contributed by atoms with Crippen molar-refractivity contribution >= 4 is 51.8 Å². The molecule has 1 aliphatic heterocycles. The molecule has 35 heavy (non-hydrogen) atoms. The lowest BCUT2D eigenvalue weighted by Crippen LogP contribution is -2.28. The van der Waals surface area contributed by atoms with Crippen molar-refractivity contribution in [2.24, 2.45) is 5.92 Å². The van der Waals surface area contributed by atoms with Crippen LogP contribution in [0.25, 0.3) is 5.52 Å². The van der Waals surface area contributed by atoms with Crippen LogP contribution in [0.1, 0.15) is 65.7 Å². The van der Waals surface area contributed by atoms with Gasteiger partial charge < -0.3 is 15.0 Å². The summed E-state index contributed by atoms with van der Waals surface area (Å²) in [5.74, 6) is 1.33. The minimum atomic E-state index is -4.37. The third kappa shape index (κ3) is 7.33. The number of anilines is 1. The average Bonchev–Trinajstić information content (AvgIpc) is 3.22. The van der Waals surface area contributed by atoms with Crippen LogP contribution in [0.2, 0.25) is 0 Å². The molecule has 11 heteroatoms. The number of alkyl halides is 3. The van der Waals surface area contributed by atoms with E-state index >= 15 is 0 Å². The molecule has 6 nitrogen and oxygen atoms in total. The summed E-state index contributed by atoms with van der Waals surface area (Å²) in [5.41, 5.74) is -4.44. The van der Waals surface area contributed by atoms with E-state index in [9.17, 15) is 18.0 Å². The second kappa shape index (κ2) is 10.5. The second-order valence-corrected chi connectivity index (χ2v) is 12.6. The van der Waals surface area contributed by atoms with Crippen LogP contribution >= 0.6 is 34.4 Å². The van der Waals surface area contributed by atoms with E-state index < -0.39 is 11.1 Å². The third-order valence-electron chi connectivity index (χ3n) is 6.43. The highest BCUT2D eigenvalue weighted by Crippen LogP contribution is 2.42. The molecule has 1 aliphatic carbocycles. The van der Waals surface area contributed by atoms with Crippen molar-refractivity contribution in [3.05, 3.63) is 21.9 Å². The van der Waals surface area contributed by atoms with E-state index in [-0.39, 0.29) is 34.8 Å². The molecule has 2 aromatic rings. The van der Waals surface area contributed by atoms with Crippen LogP contribution in [0.15, 0.2) is 23.1 Å². The zero-order valence-corrected chi connectivity index (χ0v) is 23.2. The average molecular weight is 625 g/mol. The SMILES string of the molecule is CC(C)(C)OC(=O)N1C[C@H]1CC[C@H](CC1CCCC1)Nc1cccc2c(SC(F)(F)F)c(I)nn12. The van der Waals surface area contributed by atoms with Gasteiger partial charge in [0, 0.05) is 12.6 Å². The summed E-state index contributed by atoms with van der Waals surface area (Å²) in [7, 11) is 0. The Bertz CT molecular complexity index is 1050. The predicted molar refractivity (Wildman–Crippen MR) is 140 cm³/mol. The molecule has 2 atom stereocenters. The number of halogens is 4. The van der Waals surface area contributed by atoms with Gasteiger partial charge in [-0.2, -0.15) is 18.3 Å². The smallest absolute Gasteiger partial charge is 0.444 e. The summed E-state index contributed by atoms with van der Waals surface area (Å²) in [6.07, 6.45) is 7.36. The Hall–Kier alpha value is -1.37. The fourth-order valence-corrected chi connectivity index (χ4v) is 6.25. The molecular weight excluding hydrogens is 592 g/mol. The number of carbonyl (C=O) groups is 1. The number of hydrogen-bond donors (Lipinski definition) is 1. The zero-order chi connectivity index (χ0) is 25.4. The van der Waals surface area contributed by atoms with Gasteiger partial charge in [-0.15, -0.1) is 0 Å². The number of carbonyl (C=O) groups excluding carboxylic acids is 1. The van der Waals surface area contributed by atoms with Crippen LogP contribution in [0.5, 0.6) is 0 Å². The number of nitrogens with zero attached hydrogens (tertiary/aromatic N) is 3. The minimum absolute atomic E-state index is 0.122. The Balaban J connectivity index is 1.46. The molecule has 194 valence electrons. The standard InChI is InChI=1S/C24H32F3IN4O2S/c1-23(2,3)34-22(33)31-14-17(31)12-11-16(13-15-7-4-5-8-15)29-19-10-6-9-18-20(35-24(25,26)27)21(28)30-32(18)19/h6,9-10,15-17,29H,4-5,7-8,11-14H2,1-3H3/t16-,17-,31?/m1/s1. The molecule has 0 aromatic carbocycles. The van der Waals surface area contributed by atoms with Crippen LogP contribution in [-0.2, 0) is 4.74 Å². The minimum Gasteiger partial charge on any atom is -0.444 e. The molecular formula is C24H32F3IN4O2S. The largest absolute Gasteiger partial charge is 0.446 e. The fourth-order valence-electron chi connectivity index (χ4n) is 4.81. The van der Waals surface area contributed by atoms with Crippen molar-refractivity contribution in [3.8, 4) is 0 Å². The van der Waals surface area contributed by atoms with Crippen LogP contribution in [0.4, 0.5) is 23.8 Å². The van der Waals surface area contributed by atoms with E-state index in [0.29, 0.717) is 27.5 Å². The van der Waals surface area contributed by atoms with E-state index in [0.717, 1.165) is 19.3 Å². The molecule has 1 N–H and O–H groups in total. The number of nitrogens with one attached hydrogen (secondary N) is 1. The molecule has 1 saturated carbocycles. The van der Waals surface area contributed by atoms with E-state index in [1.807, 2.05) is 49.4 Å². The first-order valence-electron chi connectivity index (χ1n) is 12.1. The second-order valence-electron chi connectivity index (χ2n) is 10.5. The summed E-state index contributed by atoms with van der Waals surface area (Å²) >= 11 is 1.74. The topological polar surface area (TPSA) is 58.6 Å². The van der Waals surface area contributed by atoms with Gasteiger partial charge in [0.2, 0.25) is 0 Å². The maximum atomic E-state index is 13.1. The molecule has 2 aliphatic rings. The Kier molecular flexibility index (Phi) is 8.04. The molecule has 2 fully saturated rings. The molecule has 0 unspecified atom stereocenters. The van der Waals surface area contributed by atoms with Crippen LogP contribution < -0.4 is 5.32 Å². The number of fused-ring (bicyclic) bond motifs is 1. The quantitative estimate of drug-likeness (QED) is 0.190. The van der Waals surface area contributed by atoms with Crippen molar-refractivity contribution in [1.82, 2.24) is 14.5 Å². The van der Waals surface area contributed by atoms with Crippen molar-refractivity contribution in [3.63, 3.8) is 0 Å². The highest BCUT2D eigenvalue weighted by molar-refractivity contribution is 14.1. The Morgan fingerprint density at radius 3 is 2.66 bits per heavy atom. The first-order chi connectivity index (χ1) is 16.4. The lowest BCUT2D eigenvalue weighted by molar-refractivity contribution is -0.0328. The molecule has 3 heterocycles. The Morgan fingerprint density at radius 2 is 2.00 bits per heavy atom. The normalized spacial score (nSPS) is 19.9. The lowest BCUT2D eigenvalue weighted by atomic mass is 9.95. The Morgan fingerprint density at radius 1 is 1.29 bits per heavy atom. The molecule has 1 saturated heterocycles. The van der Waals surface area contributed by atoms with Gasteiger partial charge in [0.05, 0.1) is 16.5 Å². The number of hydrogen-bond acceptors (Lipinski definition) is 5. The number of pyridine rings is 1. The molecule has 1 amide bonds. The Labute approximate surface area is 221 Å². The summed E-state index contributed by atoms with van der Waals surface area (Å²) in [6.45, 7) is 6.29. The summed E-state index contributed by atoms with van der Waals surface area (Å²) in [6, 6.07) is 5.63. The van der Waals surface area contributed by atoms with Gasteiger partial charge in [-0.3, -0.25) is 0 Å². The van der Waals surface area contributed by atoms with Gasteiger partial charge in [-0.25, -0.2) is 9.31 Å². The van der Waals surface area contributed by atoms with Gasteiger partial charge in [-0.05, 0) is 92.4 Å². The first-order valence-corrected chi connectivity index (χ1v) is 14.0. The number of aromatic nitrogens is 2. The molecule has 4 rings (SSSR count). The maximum Gasteiger partial charge on any atom is 0.446 e. The molecule has 0 radical (unpaired) electrons. The molecule has 0 spiro atoms. The van der Waals surface area contributed by atoms with E-state index in [2.05, 4.69) is 10.4 Å². The van der Waals surface area contributed by atoms with Crippen molar-refractivity contribution in [1.29, 1.82) is 0 Å². The van der Waals surface area contributed by atoms with Gasteiger partial charge in [0.15, 0.2) is 0 Å². The number of rotatable bonds is 8. The first kappa shape index (κ1) is 26.7. The van der Waals surface area contributed by atoms with Crippen LogP contribution in [-0.4, -0.2) is 50.3 Å². The molecule has 2 aromatic heterocycles. The summed E-state index contributed by atoms with van der Waals surface area (Å²) in [4.78, 5) is 14.2. The summed E-state index contributed by atoms with van der Waals surface area (Å²) in [5, 5.41) is 8.00. The third-order valence-corrected chi connectivity index (χ3v) is 8.38.